The first-order valence-electron chi connectivity index (χ1n) is 6.05. The third kappa shape index (κ3) is 4.12. The maximum atomic E-state index is 11.5. The summed E-state index contributed by atoms with van der Waals surface area (Å²) in [4.78, 5) is 13.6. The van der Waals surface area contributed by atoms with Gasteiger partial charge in [0.2, 0.25) is 5.91 Å². The minimum absolute atomic E-state index is 0.352. The van der Waals surface area contributed by atoms with Crippen molar-refractivity contribution in [1.29, 1.82) is 0 Å². The molecule has 1 heterocycles. The molecule has 0 aliphatic carbocycles. The monoisotopic (exact) mass is 199 g/mol. The van der Waals surface area contributed by atoms with Crippen LogP contribution in [0.2, 0.25) is 0 Å². The molecule has 0 N–H and O–H groups in total. The molecular formula is C12H25NO. The molecule has 1 saturated heterocycles. The SMILES string of the molecule is CC.CCCC(=O)N1CCCC[C@H]1C. The fourth-order valence-corrected chi connectivity index (χ4v) is 1.83. The van der Waals surface area contributed by atoms with Crippen LogP contribution < -0.4 is 0 Å². The van der Waals surface area contributed by atoms with Gasteiger partial charge in [-0.2, -0.15) is 0 Å². The van der Waals surface area contributed by atoms with E-state index < -0.39 is 0 Å². The number of carbonyl (C=O) groups is 1. The van der Waals surface area contributed by atoms with Gasteiger partial charge in [-0.15, -0.1) is 0 Å². The van der Waals surface area contributed by atoms with Gasteiger partial charge in [-0.25, -0.2) is 0 Å². The van der Waals surface area contributed by atoms with Crippen LogP contribution in [0.25, 0.3) is 0 Å². The van der Waals surface area contributed by atoms with E-state index in [0.717, 1.165) is 19.4 Å². The standard InChI is InChI=1S/C10H19NO.C2H6/c1-3-6-10(12)11-8-5-4-7-9(11)2;1-2/h9H,3-8H2,1-2H3;1-2H3/t9-;/m1./s1. The summed E-state index contributed by atoms with van der Waals surface area (Å²) in [6.45, 7) is 9.21. The van der Waals surface area contributed by atoms with E-state index in [0.29, 0.717) is 11.9 Å². The molecule has 0 unspecified atom stereocenters. The van der Waals surface area contributed by atoms with E-state index in [1.54, 1.807) is 0 Å². The van der Waals surface area contributed by atoms with Gasteiger partial charge in [-0.3, -0.25) is 4.79 Å². The first-order chi connectivity index (χ1) is 6.75. The van der Waals surface area contributed by atoms with Crippen molar-refractivity contribution < 1.29 is 4.79 Å². The molecule has 0 aromatic heterocycles. The predicted octanol–water partition coefficient (Wildman–Crippen LogP) is 3.21. The molecule has 1 atom stereocenters. The van der Waals surface area contributed by atoms with Crippen molar-refractivity contribution in [1.82, 2.24) is 4.90 Å². The molecule has 1 fully saturated rings. The zero-order valence-electron chi connectivity index (χ0n) is 10.2. The lowest BCUT2D eigenvalue weighted by molar-refractivity contribution is -0.134. The number of likely N-dealkylation sites (tertiary alicyclic amines) is 1. The molecule has 84 valence electrons. The summed E-state index contributed by atoms with van der Waals surface area (Å²) in [5.41, 5.74) is 0. The lowest BCUT2D eigenvalue weighted by atomic mass is 10.0. The third-order valence-corrected chi connectivity index (χ3v) is 2.59. The topological polar surface area (TPSA) is 20.3 Å². The van der Waals surface area contributed by atoms with Crippen LogP contribution in [0.15, 0.2) is 0 Å². The number of carbonyl (C=O) groups excluding carboxylic acids is 1. The van der Waals surface area contributed by atoms with Crippen molar-refractivity contribution in [2.24, 2.45) is 0 Å². The largest absolute Gasteiger partial charge is 0.340 e. The number of amides is 1. The number of hydrogen-bond donors (Lipinski definition) is 0. The minimum Gasteiger partial charge on any atom is -0.340 e. The van der Waals surface area contributed by atoms with Crippen molar-refractivity contribution in [3.8, 4) is 0 Å². The molecule has 0 radical (unpaired) electrons. The Bertz CT molecular complexity index is 156. The number of rotatable bonds is 2. The lowest BCUT2D eigenvalue weighted by Gasteiger charge is -2.33. The molecule has 2 nitrogen and oxygen atoms in total. The summed E-state index contributed by atoms with van der Waals surface area (Å²) < 4.78 is 0. The summed E-state index contributed by atoms with van der Waals surface area (Å²) in [7, 11) is 0. The quantitative estimate of drug-likeness (QED) is 0.668. The van der Waals surface area contributed by atoms with Crippen molar-refractivity contribution >= 4 is 5.91 Å². The van der Waals surface area contributed by atoms with Crippen LogP contribution in [0.4, 0.5) is 0 Å². The molecule has 2 heteroatoms. The Hall–Kier alpha value is -0.530. The maximum Gasteiger partial charge on any atom is 0.222 e. The normalized spacial score (nSPS) is 21.1. The average molecular weight is 199 g/mol. The third-order valence-electron chi connectivity index (χ3n) is 2.59. The van der Waals surface area contributed by atoms with E-state index in [2.05, 4.69) is 13.8 Å². The van der Waals surface area contributed by atoms with Gasteiger partial charge in [0.1, 0.15) is 0 Å². The molecule has 0 spiro atoms. The van der Waals surface area contributed by atoms with Crippen LogP contribution in [0.1, 0.15) is 59.8 Å². The molecule has 14 heavy (non-hydrogen) atoms. The molecule has 0 bridgehead atoms. The van der Waals surface area contributed by atoms with Crippen molar-refractivity contribution in [3.63, 3.8) is 0 Å². The second-order valence-corrected chi connectivity index (χ2v) is 3.68. The van der Waals surface area contributed by atoms with Crippen molar-refractivity contribution in [2.75, 3.05) is 6.54 Å². The van der Waals surface area contributed by atoms with Gasteiger partial charge in [-0.1, -0.05) is 20.8 Å². The zero-order chi connectivity index (χ0) is 11.0. The first-order valence-corrected chi connectivity index (χ1v) is 6.05. The fourth-order valence-electron chi connectivity index (χ4n) is 1.83. The Balaban J connectivity index is 0.000000791. The number of hydrogen-bond acceptors (Lipinski definition) is 1. The van der Waals surface area contributed by atoms with Crippen LogP contribution in [-0.2, 0) is 4.79 Å². The molecule has 0 aromatic rings. The maximum absolute atomic E-state index is 11.5. The highest BCUT2D eigenvalue weighted by atomic mass is 16.2. The van der Waals surface area contributed by atoms with Gasteiger partial charge in [0, 0.05) is 19.0 Å². The molecule has 0 aromatic carbocycles. The van der Waals surface area contributed by atoms with Crippen LogP contribution in [0.3, 0.4) is 0 Å². The predicted molar refractivity (Wildman–Crippen MR) is 61.3 cm³/mol. The smallest absolute Gasteiger partial charge is 0.222 e. The van der Waals surface area contributed by atoms with Crippen LogP contribution in [0, 0.1) is 0 Å². The van der Waals surface area contributed by atoms with Gasteiger partial charge in [-0.05, 0) is 32.6 Å². The van der Waals surface area contributed by atoms with Crippen LogP contribution >= 0.6 is 0 Å². The highest BCUT2D eigenvalue weighted by Gasteiger charge is 2.21. The summed E-state index contributed by atoms with van der Waals surface area (Å²) in [5.74, 6) is 0.352. The fraction of sp³-hybridized carbons (Fsp3) is 0.917. The van der Waals surface area contributed by atoms with Gasteiger partial charge in [0.25, 0.3) is 0 Å². The Labute approximate surface area is 88.7 Å². The molecular weight excluding hydrogens is 174 g/mol. The van der Waals surface area contributed by atoms with E-state index in [-0.39, 0.29) is 0 Å². The van der Waals surface area contributed by atoms with Crippen LogP contribution in [0.5, 0.6) is 0 Å². The highest BCUT2D eigenvalue weighted by Crippen LogP contribution is 2.17. The summed E-state index contributed by atoms with van der Waals surface area (Å²) >= 11 is 0. The van der Waals surface area contributed by atoms with E-state index >= 15 is 0 Å². The minimum atomic E-state index is 0.352. The van der Waals surface area contributed by atoms with E-state index in [4.69, 9.17) is 0 Å². The van der Waals surface area contributed by atoms with Gasteiger partial charge in [0.05, 0.1) is 0 Å². The van der Waals surface area contributed by atoms with Crippen molar-refractivity contribution in [2.45, 2.75) is 65.8 Å². The Kier molecular flexibility index (Phi) is 7.54. The molecule has 1 rings (SSSR count). The summed E-state index contributed by atoms with van der Waals surface area (Å²) in [6, 6.07) is 0.484. The van der Waals surface area contributed by atoms with Gasteiger partial charge >= 0.3 is 0 Å². The second kappa shape index (κ2) is 7.84. The van der Waals surface area contributed by atoms with Gasteiger partial charge < -0.3 is 4.90 Å². The zero-order valence-corrected chi connectivity index (χ0v) is 10.2. The Morgan fingerprint density at radius 2 is 2.00 bits per heavy atom. The van der Waals surface area contributed by atoms with Crippen molar-refractivity contribution in [3.05, 3.63) is 0 Å². The molecule has 1 amide bonds. The van der Waals surface area contributed by atoms with Crippen LogP contribution in [-0.4, -0.2) is 23.4 Å². The van der Waals surface area contributed by atoms with E-state index in [9.17, 15) is 4.79 Å². The Morgan fingerprint density at radius 3 is 2.50 bits per heavy atom. The molecule has 1 aliphatic heterocycles. The number of nitrogens with zero attached hydrogens (tertiary/aromatic N) is 1. The molecule has 1 aliphatic rings. The second-order valence-electron chi connectivity index (χ2n) is 3.68. The first kappa shape index (κ1) is 13.5. The average Bonchev–Trinajstić information content (AvgIpc) is 2.22. The van der Waals surface area contributed by atoms with Gasteiger partial charge in [0.15, 0.2) is 0 Å². The Morgan fingerprint density at radius 1 is 1.36 bits per heavy atom. The summed E-state index contributed by atoms with van der Waals surface area (Å²) in [5, 5.41) is 0. The highest BCUT2D eigenvalue weighted by molar-refractivity contribution is 5.76. The molecule has 0 saturated carbocycles. The lowest BCUT2D eigenvalue weighted by Crippen LogP contribution is -2.41. The van der Waals surface area contributed by atoms with E-state index in [1.807, 2.05) is 18.7 Å². The van der Waals surface area contributed by atoms with E-state index in [1.165, 1.54) is 19.3 Å². The summed E-state index contributed by atoms with van der Waals surface area (Å²) in [6.07, 6.45) is 5.37. The number of piperidine rings is 1.